The summed E-state index contributed by atoms with van der Waals surface area (Å²) in [6.07, 6.45) is 0. The molecule has 1 aromatic rings. The maximum Gasteiger partial charge on any atom is 0.266 e. The number of hydrogen-bond acceptors (Lipinski definition) is 3. The van der Waals surface area contributed by atoms with Gasteiger partial charge in [-0.2, -0.15) is 0 Å². The first-order valence-corrected chi connectivity index (χ1v) is 5.13. The van der Waals surface area contributed by atoms with Crippen LogP contribution in [0.15, 0.2) is 9.27 Å². The Morgan fingerprint density at radius 1 is 1.43 bits per heavy atom. The number of aromatic amines is 1. The summed E-state index contributed by atoms with van der Waals surface area (Å²) in [6, 6.07) is 0. The Hall–Kier alpha value is -0.840. The Bertz CT molecular complexity index is 392. The summed E-state index contributed by atoms with van der Waals surface area (Å²) >= 11 is 3.25. The molecule has 0 bridgehead atoms. The van der Waals surface area contributed by atoms with Crippen LogP contribution in [0, 0.1) is 0 Å². The second-order valence-electron chi connectivity index (χ2n) is 4.08. The van der Waals surface area contributed by atoms with Crippen LogP contribution in [0.4, 0.5) is 5.95 Å². The molecule has 0 aromatic carbocycles. The number of aromatic nitrogens is 2. The van der Waals surface area contributed by atoms with E-state index in [4.69, 9.17) is 0 Å². The lowest BCUT2D eigenvalue weighted by Crippen LogP contribution is -2.22. The zero-order valence-electron chi connectivity index (χ0n) is 8.73. The minimum atomic E-state index is -0.158. The molecule has 5 heteroatoms. The molecule has 0 spiro atoms. The molecule has 0 radical (unpaired) electrons. The van der Waals surface area contributed by atoms with Crippen molar-refractivity contribution >= 4 is 21.9 Å². The molecular formula is C9H14BrN3O. The lowest BCUT2D eigenvalue weighted by Gasteiger charge is -2.19. The molecule has 2 N–H and O–H groups in total. The van der Waals surface area contributed by atoms with Crippen LogP contribution in [0.3, 0.4) is 0 Å². The Kier molecular flexibility index (Phi) is 2.99. The van der Waals surface area contributed by atoms with Gasteiger partial charge in [-0.3, -0.25) is 9.78 Å². The number of rotatable bonds is 1. The molecule has 78 valence electrons. The molecule has 0 atom stereocenters. The van der Waals surface area contributed by atoms with E-state index in [1.54, 1.807) is 7.05 Å². The minimum absolute atomic E-state index is 0.154. The average molecular weight is 260 g/mol. The standard InChI is InChI=1S/C9H14BrN3O/c1-9(2,3)6-5(10)7(14)13-8(11-4)12-6/h1-4H3,(H2,11,12,13,14). The Morgan fingerprint density at radius 3 is 2.43 bits per heavy atom. The molecule has 0 fully saturated rings. The van der Waals surface area contributed by atoms with Crippen LogP contribution in [0.2, 0.25) is 0 Å². The zero-order valence-corrected chi connectivity index (χ0v) is 10.3. The van der Waals surface area contributed by atoms with Gasteiger partial charge in [0.25, 0.3) is 5.56 Å². The Morgan fingerprint density at radius 2 is 2.00 bits per heavy atom. The van der Waals surface area contributed by atoms with E-state index in [0.29, 0.717) is 10.4 Å². The summed E-state index contributed by atoms with van der Waals surface area (Å²) in [5, 5.41) is 2.82. The van der Waals surface area contributed by atoms with Crippen molar-refractivity contribution in [2.45, 2.75) is 26.2 Å². The smallest absolute Gasteiger partial charge is 0.266 e. The molecule has 0 unspecified atom stereocenters. The van der Waals surface area contributed by atoms with Gasteiger partial charge in [-0.25, -0.2) is 4.98 Å². The fourth-order valence-corrected chi connectivity index (χ4v) is 1.86. The number of H-pyrrole nitrogens is 1. The maximum absolute atomic E-state index is 11.5. The quantitative estimate of drug-likeness (QED) is 0.810. The van der Waals surface area contributed by atoms with Crippen molar-refractivity contribution in [2.75, 3.05) is 12.4 Å². The molecule has 4 nitrogen and oxygen atoms in total. The van der Waals surface area contributed by atoms with E-state index < -0.39 is 0 Å². The molecule has 1 rings (SSSR count). The number of nitrogens with one attached hydrogen (secondary N) is 2. The van der Waals surface area contributed by atoms with Crippen molar-refractivity contribution in [2.24, 2.45) is 0 Å². The molecule has 14 heavy (non-hydrogen) atoms. The van der Waals surface area contributed by atoms with Crippen molar-refractivity contribution in [3.05, 3.63) is 20.5 Å². The SMILES string of the molecule is CNc1nc(C(C)(C)C)c(Br)c(=O)[nH]1. The molecule has 0 aliphatic carbocycles. The number of anilines is 1. The summed E-state index contributed by atoms with van der Waals surface area (Å²) < 4.78 is 0.504. The molecule has 1 aromatic heterocycles. The third kappa shape index (κ3) is 2.15. The summed E-state index contributed by atoms with van der Waals surface area (Å²) in [4.78, 5) is 18.4. The first-order valence-electron chi connectivity index (χ1n) is 4.34. The summed E-state index contributed by atoms with van der Waals surface area (Å²) in [5.41, 5.74) is 0.443. The van der Waals surface area contributed by atoms with Crippen LogP contribution in [-0.2, 0) is 5.41 Å². The van der Waals surface area contributed by atoms with E-state index in [9.17, 15) is 4.79 Å². The highest BCUT2D eigenvalue weighted by Crippen LogP contribution is 2.25. The van der Waals surface area contributed by atoms with E-state index in [-0.39, 0.29) is 11.0 Å². The molecule has 0 amide bonds. The number of nitrogens with zero attached hydrogens (tertiary/aromatic N) is 1. The maximum atomic E-state index is 11.5. The summed E-state index contributed by atoms with van der Waals surface area (Å²) in [5.74, 6) is 0.489. The van der Waals surface area contributed by atoms with Gasteiger partial charge in [0.15, 0.2) is 0 Å². The highest BCUT2D eigenvalue weighted by atomic mass is 79.9. The topological polar surface area (TPSA) is 57.8 Å². The van der Waals surface area contributed by atoms with E-state index in [2.05, 4.69) is 31.2 Å². The first kappa shape index (κ1) is 11.2. The lowest BCUT2D eigenvalue weighted by molar-refractivity contribution is 0.562. The summed E-state index contributed by atoms with van der Waals surface area (Å²) in [7, 11) is 1.72. The van der Waals surface area contributed by atoms with Gasteiger partial charge in [-0.1, -0.05) is 20.8 Å². The predicted octanol–water partition coefficient (Wildman–Crippen LogP) is 1.87. The van der Waals surface area contributed by atoms with Gasteiger partial charge in [-0.05, 0) is 15.9 Å². The normalized spacial score (nSPS) is 11.5. The van der Waals surface area contributed by atoms with Crippen LogP contribution in [0.1, 0.15) is 26.5 Å². The predicted molar refractivity (Wildman–Crippen MR) is 60.8 cm³/mol. The van der Waals surface area contributed by atoms with Gasteiger partial charge in [-0.15, -0.1) is 0 Å². The number of halogens is 1. The van der Waals surface area contributed by atoms with E-state index in [0.717, 1.165) is 5.69 Å². The van der Waals surface area contributed by atoms with Crippen molar-refractivity contribution in [3.8, 4) is 0 Å². The molecular weight excluding hydrogens is 246 g/mol. The van der Waals surface area contributed by atoms with Crippen LogP contribution in [-0.4, -0.2) is 17.0 Å². The van der Waals surface area contributed by atoms with Crippen molar-refractivity contribution in [1.82, 2.24) is 9.97 Å². The molecule has 0 aliphatic heterocycles. The molecule has 0 saturated heterocycles. The van der Waals surface area contributed by atoms with Crippen LogP contribution in [0.25, 0.3) is 0 Å². The minimum Gasteiger partial charge on any atom is -0.359 e. The second kappa shape index (κ2) is 3.73. The zero-order chi connectivity index (χ0) is 10.9. The van der Waals surface area contributed by atoms with Gasteiger partial charge >= 0.3 is 0 Å². The van der Waals surface area contributed by atoms with Gasteiger partial charge in [0.2, 0.25) is 5.95 Å². The highest BCUT2D eigenvalue weighted by Gasteiger charge is 2.21. The van der Waals surface area contributed by atoms with E-state index in [1.165, 1.54) is 0 Å². The summed E-state index contributed by atoms with van der Waals surface area (Å²) in [6.45, 7) is 6.04. The highest BCUT2D eigenvalue weighted by molar-refractivity contribution is 9.10. The largest absolute Gasteiger partial charge is 0.359 e. The van der Waals surface area contributed by atoms with Gasteiger partial charge < -0.3 is 5.32 Å². The second-order valence-corrected chi connectivity index (χ2v) is 4.87. The molecule has 0 saturated carbocycles. The fraction of sp³-hybridized carbons (Fsp3) is 0.556. The van der Waals surface area contributed by atoms with Gasteiger partial charge in [0.1, 0.15) is 4.47 Å². The first-order chi connectivity index (χ1) is 6.36. The monoisotopic (exact) mass is 259 g/mol. The van der Waals surface area contributed by atoms with Crippen LogP contribution >= 0.6 is 15.9 Å². The third-order valence-corrected chi connectivity index (χ3v) is 2.55. The van der Waals surface area contributed by atoms with Crippen molar-refractivity contribution < 1.29 is 0 Å². The average Bonchev–Trinajstić information content (AvgIpc) is 2.07. The fourth-order valence-electron chi connectivity index (χ4n) is 1.07. The van der Waals surface area contributed by atoms with Crippen LogP contribution in [0.5, 0.6) is 0 Å². The van der Waals surface area contributed by atoms with E-state index in [1.807, 2.05) is 20.8 Å². The van der Waals surface area contributed by atoms with Crippen molar-refractivity contribution in [3.63, 3.8) is 0 Å². The van der Waals surface area contributed by atoms with Crippen LogP contribution < -0.4 is 10.9 Å². The molecule has 0 aliphatic rings. The van der Waals surface area contributed by atoms with Gasteiger partial charge in [0.05, 0.1) is 5.69 Å². The number of hydrogen-bond donors (Lipinski definition) is 2. The third-order valence-electron chi connectivity index (χ3n) is 1.81. The van der Waals surface area contributed by atoms with E-state index >= 15 is 0 Å². The Labute approximate surface area is 91.3 Å². The van der Waals surface area contributed by atoms with Crippen molar-refractivity contribution in [1.29, 1.82) is 0 Å². The lowest BCUT2D eigenvalue weighted by atomic mass is 9.92. The molecule has 1 heterocycles. The Balaban J connectivity index is 3.43. The van der Waals surface area contributed by atoms with Gasteiger partial charge in [0, 0.05) is 12.5 Å².